The van der Waals surface area contributed by atoms with Gasteiger partial charge in [0.2, 0.25) is 0 Å². The second-order valence-corrected chi connectivity index (χ2v) is 5.88. The first-order valence-corrected chi connectivity index (χ1v) is 8.40. The van der Waals surface area contributed by atoms with Crippen LogP contribution in [0, 0.1) is 0 Å². The molecule has 0 aromatic heterocycles. The van der Waals surface area contributed by atoms with Gasteiger partial charge in [-0.2, -0.15) is 23.4 Å². The molecule has 27 heavy (non-hydrogen) atoms. The molecule has 0 saturated heterocycles. The van der Waals surface area contributed by atoms with Crippen LogP contribution in [0.2, 0.25) is 0 Å². The maximum Gasteiger partial charge on any atom is 0.416 e. The summed E-state index contributed by atoms with van der Waals surface area (Å²) in [7, 11) is 0. The number of rotatable bonds is 5. The third-order valence-corrected chi connectivity index (χ3v) is 3.94. The summed E-state index contributed by atoms with van der Waals surface area (Å²) in [6.45, 7) is 0. The Labute approximate surface area is 155 Å². The first-order chi connectivity index (χ1) is 13.0. The Balaban J connectivity index is 1.77. The van der Waals surface area contributed by atoms with E-state index in [2.05, 4.69) is 10.2 Å². The molecule has 3 aromatic carbocycles. The number of alkyl halides is 3. The van der Waals surface area contributed by atoms with Gasteiger partial charge < -0.3 is 0 Å². The zero-order valence-electron chi connectivity index (χ0n) is 14.4. The molecule has 0 saturated carbocycles. The lowest BCUT2D eigenvalue weighted by molar-refractivity contribution is -0.137. The van der Waals surface area contributed by atoms with Gasteiger partial charge in [0.15, 0.2) is 0 Å². The summed E-state index contributed by atoms with van der Waals surface area (Å²) in [6, 6.07) is 24.5. The lowest BCUT2D eigenvalue weighted by Crippen LogP contribution is -2.04. The first kappa shape index (κ1) is 18.6. The molecule has 0 atom stereocenters. The Kier molecular flexibility index (Phi) is 5.81. The van der Waals surface area contributed by atoms with Crippen LogP contribution in [0.4, 0.5) is 13.2 Å². The van der Waals surface area contributed by atoms with E-state index in [9.17, 15) is 13.2 Å². The standard InChI is InChI=1S/C22H17F3N2/c23-22(24,25)20-13-11-17(12-14-20)15-16-26-27-21(18-7-3-1-4-8-18)19-9-5-2-6-10-19/h1-14,16H,15H2. The first-order valence-electron chi connectivity index (χ1n) is 8.40. The molecule has 0 fully saturated rings. The smallest absolute Gasteiger partial charge is 0.166 e. The van der Waals surface area contributed by atoms with Gasteiger partial charge in [0.1, 0.15) is 5.71 Å². The Bertz CT molecular complexity index is 872. The zero-order chi connectivity index (χ0) is 19.1. The number of hydrogen-bond donors (Lipinski definition) is 0. The van der Waals surface area contributed by atoms with E-state index in [1.807, 2.05) is 60.7 Å². The van der Waals surface area contributed by atoms with Crippen LogP contribution in [0.3, 0.4) is 0 Å². The molecule has 0 bridgehead atoms. The average Bonchev–Trinajstić information content (AvgIpc) is 2.69. The Morgan fingerprint density at radius 1 is 0.741 bits per heavy atom. The van der Waals surface area contributed by atoms with Crippen LogP contribution in [0.15, 0.2) is 95.1 Å². The van der Waals surface area contributed by atoms with E-state index in [4.69, 9.17) is 0 Å². The second kappa shape index (κ2) is 8.45. The summed E-state index contributed by atoms with van der Waals surface area (Å²) in [5, 5.41) is 8.47. The van der Waals surface area contributed by atoms with Crippen molar-refractivity contribution < 1.29 is 13.2 Å². The van der Waals surface area contributed by atoms with Crippen molar-refractivity contribution in [3.05, 3.63) is 107 Å². The van der Waals surface area contributed by atoms with E-state index >= 15 is 0 Å². The van der Waals surface area contributed by atoms with Crippen LogP contribution in [0.1, 0.15) is 22.3 Å². The molecule has 3 rings (SSSR count). The van der Waals surface area contributed by atoms with Crippen LogP contribution in [0.5, 0.6) is 0 Å². The van der Waals surface area contributed by atoms with Crippen LogP contribution < -0.4 is 0 Å². The van der Waals surface area contributed by atoms with E-state index in [1.54, 1.807) is 6.21 Å². The summed E-state index contributed by atoms with van der Waals surface area (Å²) >= 11 is 0. The van der Waals surface area contributed by atoms with Crippen molar-refractivity contribution in [1.29, 1.82) is 0 Å². The predicted octanol–water partition coefficient (Wildman–Crippen LogP) is 5.77. The highest BCUT2D eigenvalue weighted by molar-refractivity contribution is 6.12. The highest BCUT2D eigenvalue weighted by Gasteiger charge is 2.29. The van der Waals surface area contributed by atoms with Crippen molar-refractivity contribution in [3.63, 3.8) is 0 Å². The summed E-state index contributed by atoms with van der Waals surface area (Å²) in [4.78, 5) is 0. The molecular formula is C22H17F3N2. The maximum absolute atomic E-state index is 12.6. The van der Waals surface area contributed by atoms with Crippen LogP contribution >= 0.6 is 0 Å². The van der Waals surface area contributed by atoms with E-state index < -0.39 is 11.7 Å². The topological polar surface area (TPSA) is 24.7 Å². The van der Waals surface area contributed by atoms with Gasteiger partial charge in [-0.15, -0.1) is 0 Å². The van der Waals surface area contributed by atoms with Gasteiger partial charge in [0.25, 0.3) is 0 Å². The molecule has 0 aliphatic carbocycles. The fourth-order valence-electron chi connectivity index (χ4n) is 2.55. The van der Waals surface area contributed by atoms with Gasteiger partial charge in [-0.3, -0.25) is 0 Å². The van der Waals surface area contributed by atoms with Gasteiger partial charge in [-0.25, -0.2) is 0 Å². The Morgan fingerprint density at radius 2 is 1.26 bits per heavy atom. The van der Waals surface area contributed by atoms with E-state index in [1.165, 1.54) is 12.1 Å². The van der Waals surface area contributed by atoms with Crippen molar-refractivity contribution in [2.45, 2.75) is 12.6 Å². The number of nitrogens with zero attached hydrogens (tertiary/aromatic N) is 2. The molecule has 3 aromatic rings. The fourth-order valence-corrected chi connectivity index (χ4v) is 2.55. The second-order valence-electron chi connectivity index (χ2n) is 5.88. The molecule has 0 radical (unpaired) electrons. The molecule has 0 unspecified atom stereocenters. The molecule has 5 heteroatoms. The summed E-state index contributed by atoms with van der Waals surface area (Å²) < 4.78 is 37.8. The van der Waals surface area contributed by atoms with Gasteiger partial charge in [0, 0.05) is 23.8 Å². The predicted molar refractivity (Wildman–Crippen MR) is 102 cm³/mol. The van der Waals surface area contributed by atoms with Crippen molar-refractivity contribution in [1.82, 2.24) is 0 Å². The number of halogens is 3. The van der Waals surface area contributed by atoms with Crippen LogP contribution in [0.25, 0.3) is 0 Å². The molecule has 0 aliphatic heterocycles. The maximum atomic E-state index is 12.6. The minimum Gasteiger partial charge on any atom is -0.166 e. The number of hydrogen-bond acceptors (Lipinski definition) is 2. The SMILES string of the molecule is FC(F)(F)c1ccc(CC=NN=C(c2ccccc2)c2ccccc2)cc1. The highest BCUT2D eigenvalue weighted by atomic mass is 19.4. The lowest BCUT2D eigenvalue weighted by Gasteiger charge is -2.06. The third kappa shape index (κ3) is 5.14. The molecule has 0 spiro atoms. The molecule has 0 heterocycles. The van der Waals surface area contributed by atoms with Gasteiger partial charge in [-0.05, 0) is 17.7 Å². The minimum absolute atomic E-state index is 0.401. The van der Waals surface area contributed by atoms with Gasteiger partial charge in [-0.1, -0.05) is 72.8 Å². The summed E-state index contributed by atoms with van der Waals surface area (Å²) in [6.07, 6.45) is -2.33. The highest BCUT2D eigenvalue weighted by Crippen LogP contribution is 2.29. The Morgan fingerprint density at radius 3 is 1.74 bits per heavy atom. The minimum atomic E-state index is -4.32. The third-order valence-electron chi connectivity index (χ3n) is 3.94. The van der Waals surface area contributed by atoms with E-state index in [0.29, 0.717) is 6.42 Å². The molecule has 136 valence electrons. The average molecular weight is 366 g/mol. The normalized spacial score (nSPS) is 11.5. The fraction of sp³-hybridized carbons (Fsp3) is 0.0909. The molecule has 0 amide bonds. The number of benzene rings is 3. The molecule has 2 nitrogen and oxygen atoms in total. The lowest BCUT2D eigenvalue weighted by atomic mass is 10.0. The van der Waals surface area contributed by atoms with E-state index in [0.717, 1.165) is 34.5 Å². The van der Waals surface area contributed by atoms with Crippen LogP contribution in [-0.4, -0.2) is 11.9 Å². The van der Waals surface area contributed by atoms with Crippen molar-refractivity contribution >= 4 is 11.9 Å². The Hall–Kier alpha value is -3.21. The van der Waals surface area contributed by atoms with Crippen molar-refractivity contribution in [3.8, 4) is 0 Å². The monoisotopic (exact) mass is 366 g/mol. The molecule has 0 aliphatic rings. The summed E-state index contributed by atoms with van der Waals surface area (Å²) in [5.74, 6) is 0. The van der Waals surface area contributed by atoms with Gasteiger partial charge >= 0.3 is 6.18 Å². The molecule has 0 N–H and O–H groups in total. The van der Waals surface area contributed by atoms with Crippen molar-refractivity contribution in [2.24, 2.45) is 10.2 Å². The quantitative estimate of drug-likeness (QED) is 0.404. The van der Waals surface area contributed by atoms with Crippen molar-refractivity contribution in [2.75, 3.05) is 0 Å². The largest absolute Gasteiger partial charge is 0.416 e. The summed E-state index contributed by atoms with van der Waals surface area (Å²) in [5.41, 5.74) is 2.70. The van der Waals surface area contributed by atoms with Gasteiger partial charge in [0.05, 0.1) is 5.56 Å². The zero-order valence-corrected chi connectivity index (χ0v) is 14.4. The van der Waals surface area contributed by atoms with E-state index in [-0.39, 0.29) is 0 Å². The molecular weight excluding hydrogens is 349 g/mol. The van der Waals surface area contributed by atoms with Crippen LogP contribution in [-0.2, 0) is 12.6 Å².